The monoisotopic (exact) mass is 253 g/mol. The van der Waals surface area contributed by atoms with Crippen LogP contribution in [0.2, 0.25) is 0 Å². The third kappa shape index (κ3) is 2.52. The summed E-state index contributed by atoms with van der Waals surface area (Å²) in [5.74, 6) is -0.265. The molecule has 102 valence electrons. The number of rotatable bonds is 2. The van der Waals surface area contributed by atoms with E-state index >= 15 is 0 Å². The van der Waals surface area contributed by atoms with Gasteiger partial charge in [-0.25, -0.2) is 0 Å². The Morgan fingerprint density at radius 2 is 1.72 bits per heavy atom. The third-order valence-corrected chi connectivity index (χ3v) is 4.80. The molecule has 1 aliphatic heterocycles. The minimum atomic E-state index is -0.802. The number of hydrogen-bond acceptors (Lipinski definition) is 2. The largest absolute Gasteiger partial charge is 0.481 e. The van der Waals surface area contributed by atoms with E-state index in [-0.39, 0.29) is 11.8 Å². The molecule has 2 rings (SSSR count). The number of amides is 1. The molecule has 2 fully saturated rings. The first-order valence-electron chi connectivity index (χ1n) is 7.02. The van der Waals surface area contributed by atoms with Gasteiger partial charge in [-0.05, 0) is 31.1 Å². The fourth-order valence-corrected chi connectivity index (χ4v) is 3.25. The quantitative estimate of drug-likeness (QED) is 0.818. The summed E-state index contributed by atoms with van der Waals surface area (Å²) in [6.45, 7) is 5.99. The van der Waals surface area contributed by atoms with Crippen molar-refractivity contribution in [1.29, 1.82) is 0 Å². The number of piperidine rings is 1. The first-order valence-corrected chi connectivity index (χ1v) is 7.02. The van der Waals surface area contributed by atoms with Gasteiger partial charge in [0.25, 0.3) is 0 Å². The van der Waals surface area contributed by atoms with Crippen molar-refractivity contribution in [3.63, 3.8) is 0 Å². The summed E-state index contributed by atoms with van der Waals surface area (Å²) in [5.41, 5.74) is 0. The van der Waals surface area contributed by atoms with Crippen LogP contribution in [0.3, 0.4) is 0 Å². The van der Waals surface area contributed by atoms with Crippen LogP contribution in [0.15, 0.2) is 0 Å². The maximum absolute atomic E-state index is 12.4. The Hall–Kier alpha value is -1.06. The number of aliphatic carboxylic acids is 1. The first kappa shape index (κ1) is 13.4. The van der Waals surface area contributed by atoms with Crippen molar-refractivity contribution in [1.82, 2.24) is 4.90 Å². The normalized spacial score (nSPS) is 36.7. The fraction of sp³-hybridized carbons (Fsp3) is 0.857. The molecule has 1 N–H and O–H groups in total. The number of nitrogens with zero attached hydrogens (tertiary/aromatic N) is 1. The Kier molecular flexibility index (Phi) is 3.93. The van der Waals surface area contributed by atoms with Crippen LogP contribution in [0.4, 0.5) is 0 Å². The van der Waals surface area contributed by atoms with E-state index in [9.17, 15) is 9.59 Å². The molecule has 1 amide bonds. The molecule has 0 aromatic heterocycles. The Labute approximate surface area is 108 Å². The third-order valence-electron chi connectivity index (χ3n) is 4.80. The Balaban J connectivity index is 2.01. The van der Waals surface area contributed by atoms with Crippen molar-refractivity contribution in [2.75, 3.05) is 13.1 Å². The van der Waals surface area contributed by atoms with Crippen LogP contribution in [-0.4, -0.2) is 35.0 Å². The molecule has 0 aromatic rings. The highest BCUT2D eigenvalue weighted by Crippen LogP contribution is 2.34. The second-order valence-electron chi connectivity index (χ2n) is 6.01. The Morgan fingerprint density at radius 3 is 2.33 bits per heavy atom. The van der Waals surface area contributed by atoms with E-state index in [1.165, 1.54) is 0 Å². The van der Waals surface area contributed by atoms with Gasteiger partial charge in [-0.2, -0.15) is 0 Å². The van der Waals surface area contributed by atoms with Gasteiger partial charge in [0.1, 0.15) is 0 Å². The van der Waals surface area contributed by atoms with Crippen molar-refractivity contribution < 1.29 is 14.7 Å². The Bertz CT molecular complexity index is 342. The highest BCUT2D eigenvalue weighted by atomic mass is 16.4. The lowest BCUT2D eigenvalue weighted by Gasteiger charge is -2.37. The van der Waals surface area contributed by atoms with E-state index in [1.807, 2.05) is 4.90 Å². The molecule has 0 bridgehead atoms. The van der Waals surface area contributed by atoms with Gasteiger partial charge in [0, 0.05) is 13.1 Å². The van der Waals surface area contributed by atoms with E-state index in [0.29, 0.717) is 18.3 Å². The summed E-state index contributed by atoms with van der Waals surface area (Å²) in [6, 6.07) is 0. The molecule has 18 heavy (non-hydrogen) atoms. The van der Waals surface area contributed by atoms with Crippen molar-refractivity contribution >= 4 is 11.9 Å². The van der Waals surface area contributed by atoms with Gasteiger partial charge < -0.3 is 10.0 Å². The van der Waals surface area contributed by atoms with Gasteiger partial charge in [0.15, 0.2) is 0 Å². The summed E-state index contributed by atoms with van der Waals surface area (Å²) in [4.78, 5) is 25.5. The zero-order chi connectivity index (χ0) is 13.3. The highest BCUT2D eigenvalue weighted by molar-refractivity contribution is 5.85. The van der Waals surface area contributed by atoms with Crippen LogP contribution in [0.1, 0.15) is 39.5 Å². The molecule has 1 saturated heterocycles. The van der Waals surface area contributed by atoms with Crippen LogP contribution in [0.25, 0.3) is 0 Å². The van der Waals surface area contributed by atoms with Gasteiger partial charge >= 0.3 is 5.97 Å². The molecule has 4 unspecified atom stereocenters. The van der Waals surface area contributed by atoms with Gasteiger partial charge in [-0.1, -0.05) is 20.3 Å². The SMILES string of the molecule is CC1CCN(C(=O)C2CCCC2C(=O)O)CC1C. The molecular weight excluding hydrogens is 230 g/mol. The number of carboxylic acids is 1. The van der Waals surface area contributed by atoms with Crippen LogP contribution in [0, 0.1) is 23.7 Å². The van der Waals surface area contributed by atoms with Gasteiger partial charge in [0.2, 0.25) is 5.91 Å². The van der Waals surface area contributed by atoms with Crippen molar-refractivity contribution in [2.45, 2.75) is 39.5 Å². The molecule has 1 aliphatic carbocycles. The van der Waals surface area contributed by atoms with Gasteiger partial charge in [-0.15, -0.1) is 0 Å². The standard InChI is InChI=1S/C14H23NO3/c1-9-6-7-15(8-10(9)2)13(16)11-4-3-5-12(11)14(17)18/h9-12H,3-8H2,1-2H3,(H,17,18). The van der Waals surface area contributed by atoms with E-state index in [4.69, 9.17) is 5.11 Å². The minimum absolute atomic E-state index is 0.0821. The summed E-state index contributed by atoms with van der Waals surface area (Å²) in [6.07, 6.45) is 3.31. The van der Waals surface area contributed by atoms with Gasteiger partial charge in [-0.3, -0.25) is 9.59 Å². The number of carbonyl (C=O) groups is 2. The topological polar surface area (TPSA) is 57.6 Å². The summed E-state index contributed by atoms with van der Waals surface area (Å²) >= 11 is 0. The van der Waals surface area contributed by atoms with Crippen LogP contribution in [-0.2, 0) is 9.59 Å². The smallest absolute Gasteiger partial charge is 0.307 e. The lowest BCUT2D eigenvalue weighted by atomic mass is 9.87. The average Bonchev–Trinajstić information content (AvgIpc) is 2.81. The molecule has 4 atom stereocenters. The average molecular weight is 253 g/mol. The second-order valence-corrected chi connectivity index (χ2v) is 6.01. The summed E-state index contributed by atoms with van der Waals surface area (Å²) < 4.78 is 0. The lowest BCUT2D eigenvalue weighted by molar-refractivity contribution is -0.150. The molecular formula is C14H23NO3. The van der Waals surface area contributed by atoms with Gasteiger partial charge in [0.05, 0.1) is 11.8 Å². The molecule has 4 nitrogen and oxygen atoms in total. The zero-order valence-corrected chi connectivity index (χ0v) is 11.3. The minimum Gasteiger partial charge on any atom is -0.481 e. The molecule has 0 spiro atoms. The molecule has 2 aliphatic rings. The zero-order valence-electron chi connectivity index (χ0n) is 11.3. The fourth-order valence-electron chi connectivity index (χ4n) is 3.25. The molecule has 1 heterocycles. The maximum atomic E-state index is 12.4. The number of carboxylic acid groups (broad SMARTS) is 1. The van der Waals surface area contributed by atoms with Crippen LogP contribution in [0.5, 0.6) is 0 Å². The predicted molar refractivity (Wildman–Crippen MR) is 68.0 cm³/mol. The molecule has 1 saturated carbocycles. The maximum Gasteiger partial charge on any atom is 0.307 e. The lowest BCUT2D eigenvalue weighted by Crippen LogP contribution is -2.46. The number of hydrogen-bond donors (Lipinski definition) is 1. The van der Waals surface area contributed by atoms with Crippen molar-refractivity contribution in [2.24, 2.45) is 23.7 Å². The van der Waals surface area contributed by atoms with Crippen molar-refractivity contribution in [3.8, 4) is 0 Å². The summed E-state index contributed by atoms with van der Waals surface area (Å²) in [5, 5.41) is 9.15. The Morgan fingerprint density at radius 1 is 1.06 bits per heavy atom. The van der Waals surface area contributed by atoms with E-state index in [1.54, 1.807) is 0 Å². The number of carbonyl (C=O) groups excluding carboxylic acids is 1. The second kappa shape index (κ2) is 5.29. The van der Waals surface area contributed by atoms with Crippen molar-refractivity contribution in [3.05, 3.63) is 0 Å². The molecule has 0 aromatic carbocycles. The first-order chi connectivity index (χ1) is 8.50. The summed E-state index contributed by atoms with van der Waals surface area (Å²) in [7, 11) is 0. The molecule has 4 heteroatoms. The van der Waals surface area contributed by atoms with E-state index < -0.39 is 11.9 Å². The highest BCUT2D eigenvalue weighted by Gasteiger charge is 2.40. The predicted octanol–water partition coefficient (Wildman–Crippen LogP) is 1.99. The number of likely N-dealkylation sites (tertiary alicyclic amines) is 1. The van der Waals surface area contributed by atoms with Crippen LogP contribution < -0.4 is 0 Å². The van der Waals surface area contributed by atoms with E-state index in [0.717, 1.165) is 32.4 Å². The van der Waals surface area contributed by atoms with Crippen LogP contribution >= 0.6 is 0 Å². The molecule has 0 radical (unpaired) electrons. The van der Waals surface area contributed by atoms with E-state index in [2.05, 4.69) is 13.8 Å².